The second-order valence-electron chi connectivity index (χ2n) is 3.98. The molecular formula is C13H17N5O4. The molecule has 0 fully saturated rings. The van der Waals surface area contributed by atoms with Crippen LogP contribution in [0, 0.1) is 16.7 Å². The Balaban J connectivity index is 3.39. The molecule has 118 valence electrons. The highest BCUT2D eigenvalue weighted by Gasteiger charge is 2.20. The molecule has 0 saturated carbocycles. The van der Waals surface area contributed by atoms with Crippen LogP contribution >= 0.6 is 0 Å². The van der Waals surface area contributed by atoms with Crippen molar-refractivity contribution < 1.29 is 19.3 Å². The van der Waals surface area contributed by atoms with Gasteiger partial charge in [-0.05, 0) is 12.1 Å². The number of ether oxygens (including phenoxy) is 3. The van der Waals surface area contributed by atoms with Crippen LogP contribution in [0.25, 0.3) is 0 Å². The zero-order valence-corrected chi connectivity index (χ0v) is 12.4. The first-order valence-corrected chi connectivity index (χ1v) is 6.03. The van der Waals surface area contributed by atoms with E-state index < -0.39 is 12.1 Å². The predicted octanol–water partition coefficient (Wildman–Crippen LogP) is 0.920. The Bertz CT molecular complexity index is 620. The maximum absolute atomic E-state index is 9.85. The summed E-state index contributed by atoms with van der Waals surface area (Å²) in [6.45, 7) is 0. The van der Waals surface area contributed by atoms with Gasteiger partial charge < -0.3 is 25.1 Å². The number of phenols is 1. The summed E-state index contributed by atoms with van der Waals surface area (Å²) in [6.07, 6.45) is -0.755. The van der Waals surface area contributed by atoms with E-state index in [1.54, 1.807) is 12.1 Å². The van der Waals surface area contributed by atoms with Crippen molar-refractivity contribution in [2.75, 3.05) is 26.8 Å². The highest BCUT2D eigenvalue weighted by molar-refractivity contribution is 6.45. The van der Waals surface area contributed by atoms with Gasteiger partial charge in [0.2, 0.25) is 5.71 Å². The number of nitrogens with two attached hydrogens (primary N) is 1. The summed E-state index contributed by atoms with van der Waals surface area (Å²) in [4.78, 5) is 0. The first-order valence-electron chi connectivity index (χ1n) is 6.03. The van der Waals surface area contributed by atoms with Crippen molar-refractivity contribution in [1.82, 2.24) is 0 Å². The second kappa shape index (κ2) is 7.82. The minimum atomic E-state index is -0.755. The summed E-state index contributed by atoms with van der Waals surface area (Å²) in [5.74, 6) is -0.553. The minimum absolute atomic E-state index is 0.0844. The molecule has 0 spiro atoms. The van der Waals surface area contributed by atoms with Crippen LogP contribution in [-0.4, -0.2) is 38.0 Å². The Kier molecular flexibility index (Phi) is 6.12. The van der Waals surface area contributed by atoms with E-state index in [0.717, 1.165) is 0 Å². The second-order valence-corrected chi connectivity index (χ2v) is 3.98. The topological polar surface area (TPSA) is 146 Å². The lowest BCUT2D eigenvalue weighted by Crippen LogP contribution is -2.22. The maximum atomic E-state index is 9.85. The number of phenolic OH excluding ortho intramolecular Hbond substituents is 1. The summed E-state index contributed by atoms with van der Waals surface area (Å²) in [5, 5.41) is 29.7. The summed E-state index contributed by atoms with van der Waals surface area (Å²) in [6, 6.07) is 4.63. The number of nitriles is 1. The monoisotopic (exact) mass is 307 g/mol. The van der Waals surface area contributed by atoms with Crippen LogP contribution in [0.1, 0.15) is 11.9 Å². The largest absolute Gasteiger partial charge is 0.504 e. The molecular weight excluding hydrogens is 290 g/mol. The number of nitrogens with one attached hydrogen (secondary N) is 2. The summed E-state index contributed by atoms with van der Waals surface area (Å²) in [5.41, 5.74) is 8.16. The SMILES string of the molecule is COc1c(O)ccc(C(OC)OC)c1N/N=C(\C#N)C(=N)N. The zero-order valence-electron chi connectivity index (χ0n) is 12.4. The summed E-state index contributed by atoms with van der Waals surface area (Å²) >= 11 is 0. The van der Waals surface area contributed by atoms with Gasteiger partial charge in [-0.25, -0.2) is 0 Å². The van der Waals surface area contributed by atoms with Crippen molar-refractivity contribution >= 4 is 17.2 Å². The lowest BCUT2D eigenvalue weighted by Gasteiger charge is -2.20. The maximum Gasteiger partial charge on any atom is 0.201 e. The molecule has 0 radical (unpaired) electrons. The number of methoxy groups -OCH3 is 3. The van der Waals surface area contributed by atoms with E-state index in [-0.39, 0.29) is 22.9 Å². The molecule has 5 N–H and O–H groups in total. The van der Waals surface area contributed by atoms with Crippen LogP contribution in [0.15, 0.2) is 17.2 Å². The molecule has 22 heavy (non-hydrogen) atoms. The number of aromatic hydroxyl groups is 1. The summed E-state index contributed by atoms with van der Waals surface area (Å²) < 4.78 is 15.5. The van der Waals surface area contributed by atoms with Crippen LogP contribution < -0.4 is 15.9 Å². The highest BCUT2D eigenvalue weighted by Crippen LogP contribution is 2.40. The first kappa shape index (κ1) is 17.2. The first-order chi connectivity index (χ1) is 10.5. The molecule has 0 aliphatic carbocycles. The molecule has 0 aliphatic heterocycles. The van der Waals surface area contributed by atoms with E-state index in [0.29, 0.717) is 5.56 Å². The number of hydrogen-bond acceptors (Lipinski definition) is 8. The van der Waals surface area contributed by atoms with Gasteiger partial charge in [0.15, 0.2) is 23.6 Å². The van der Waals surface area contributed by atoms with E-state index in [9.17, 15) is 5.11 Å². The van der Waals surface area contributed by atoms with Crippen molar-refractivity contribution in [3.8, 4) is 17.6 Å². The molecule has 1 aromatic rings. The van der Waals surface area contributed by atoms with E-state index in [1.807, 2.05) is 0 Å². The number of hydrogen-bond donors (Lipinski definition) is 4. The third kappa shape index (κ3) is 3.63. The van der Waals surface area contributed by atoms with Crippen LogP contribution in [-0.2, 0) is 9.47 Å². The van der Waals surface area contributed by atoms with E-state index >= 15 is 0 Å². The Hall–Kier alpha value is -2.83. The number of rotatable bonds is 7. The lowest BCUT2D eigenvalue weighted by atomic mass is 10.1. The van der Waals surface area contributed by atoms with Gasteiger partial charge >= 0.3 is 0 Å². The Labute approximate surface area is 127 Å². The molecule has 0 amide bonds. The molecule has 0 saturated heterocycles. The number of hydrazone groups is 1. The average Bonchev–Trinajstić information content (AvgIpc) is 2.50. The number of benzene rings is 1. The minimum Gasteiger partial charge on any atom is -0.504 e. The standard InChI is InChI=1S/C13H17N5O4/c1-20-11-9(19)5-4-7(13(21-2)22-3)10(11)18-17-8(6-14)12(15)16/h4-5,13,18-19H,1-3H3,(H3,15,16)/b17-8+. The van der Waals surface area contributed by atoms with Crippen molar-refractivity contribution in [1.29, 1.82) is 10.7 Å². The average molecular weight is 307 g/mol. The van der Waals surface area contributed by atoms with Crippen molar-refractivity contribution in [2.45, 2.75) is 6.29 Å². The molecule has 0 aliphatic rings. The van der Waals surface area contributed by atoms with Gasteiger partial charge in [0.25, 0.3) is 0 Å². The zero-order chi connectivity index (χ0) is 16.7. The van der Waals surface area contributed by atoms with Gasteiger partial charge in [-0.1, -0.05) is 0 Å². The molecule has 1 aromatic carbocycles. The summed E-state index contributed by atoms with van der Waals surface area (Å²) in [7, 11) is 4.24. The van der Waals surface area contributed by atoms with Crippen LogP contribution in [0.3, 0.4) is 0 Å². The fourth-order valence-electron chi connectivity index (χ4n) is 1.71. The highest BCUT2D eigenvalue weighted by atomic mass is 16.7. The molecule has 0 bridgehead atoms. The fourth-order valence-corrected chi connectivity index (χ4v) is 1.71. The van der Waals surface area contributed by atoms with E-state index in [2.05, 4.69) is 10.5 Å². The molecule has 0 heterocycles. The van der Waals surface area contributed by atoms with Crippen molar-refractivity contribution in [2.24, 2.45) is 10.8 Å². The van der Waals surface area contributed by atoms with Gasteiger partial charge in [-0.2, -0.15) is 10.4 Å². The molecule has 0 unspecified atom stereocenters. The van der Waals surface area contributed by atoms with Gasteiger partial charge in [0.1, 0.15) is 11.8 Å². The molecule has 0 aromatic heterocycles. The van der Waals surface area contributed by atoms with Gasteiger partial charge in [-0.3, -0.25) is 10.8 Å². The van der Waals surface area contributed by atoms with Crippen molar-refractivity contribution in [3.05, 3.63) is 17.7 Å². The quantitative estimate of drug-likeness (QED) is 0.253. The Morgan fingerprint density at radius 3 is 2.50 bits per heavy atom. The van der Waals surface area contributed by atoms with Crippen molar-refractivity contribution in [3.63, 3.8) is 0 Å². The molecule has 9 nitrogen and oxygen atoms in total. The van der Waals surface area contributed by atoms with Crippen LogP contribution in [0.4, 0.5) is 5.69 Å². The van der Waals surface area contributed by atoms with Gasteiger partial charge in [-0.15, -0.1) is 0 Å². The van der Waals surface area contributed by atoms with Crippen LogP contribution in [0.5, 0.6) is 11.5 Å². The van der Waals surface area contributed by atoms with E-state index in [1.165, 1.54) is 27.4 Å². The third-order valence-electron chi connectivity index (χ3n) is 2.70. The predicted molar refractivity (Wildman–Crippen MR) is 80.0 cm³/mol. The number of amidine groups is 1. The molecule has 9 heteroatoms. The van der Waals surface area contributed by atoms with Gasteiger partial charge in [0.05, 0.1) is 7.11 Å². The molecule has 0 atom stereocenters. The normalized spacial score (nSPS) is 11.1. The molecule has 1 rings (SSSR count). The Morgan fingerprint density at radius 2 is 2.05 bits per heavy atom. The smallest absolute Gasteiger partial charge is 0.201 e. The van der Waals surface area contributed by atoms with E-state index in [4.69, 9.17) is 30.6 Å². The van der Waals surface area contributed by atoms with Gasteiger partial charge in [0, 0.05) is 19.8 Å². The Morgan fingerprint density at radius 1 is 1.41 bits per heavy atom. The fraction of sp³-hybridized carbons (Fsp3) is 0.308. The third-order valence-corrected chi connectivity index (χ3v) is 2.70. The number of nitrogens with zero attached hydrogens (tertiary/aromatic N) is 2. The number of anilines is 1. The van der Waals surface area contributed by atoms with Crippen LogP contribution in [0.2, 0.25) is 0 Å². The lowest BCUT2D eigenvalue weighted by molar-refractivity contribution is -0.105.